The van der Waals surface area contributed by atoms with Gasteiger partial charge in [-0.3, -0.25) is 4.90 Å². The highest BCUT2D eigenvalue weighted by Crippen LogP contribution is 2.13. The van der Waals surface area contributed by atoms with Crippen molar-refractivity contribution < 1.29 is 4.79 Å². The Kier molecular flexibility index (Phi) is 5.27. The van der Waals surface area contributed by atoms with Gasteiger partial charge in [-0.25, -0.2) is 9.78 Å². The summed E-state index contributed by atoms with van der Waals surface area (Å²) in [6, 6.07) is 15.5. The number of nitrogens with one attached hydrogen (secondary N) is 2. The van der Waals surface area contributed by atoms with Crippen molar-refractivity contribution in [3.05, 3.63) is 64.9 Å². The molecule has 0 saturated carbocycles. The number of aromatic nitrogens is 2. The quantitative estimate of drug-likeness (QED) is 0.727. The Morgan fingerprint density at radius 1 is 1.07 bits per heavy atom. The van der Waals surface area contributed by atoms with Gasteiger partial charge in [0.1, 0.15) is 5.82 Å². The molecule has 6 nitrogen and oxygen atoms in total. The number of hydrogen-bond donors (Lipinski definition) is 2. The Labute approximate surface area is 163 Å². The van der Waals surface area contributed by atoms with Crippen molar-refractivity contribution in [1.29, 1.82) is 0 Å². The Bertz CT molecular complexity index is 883. The lowest BCUT2D eigenvalue weighted by Crippen LogP contribution is -2.51. The third-order valence-corrected chi connectivity index (χ3v) is 5.08. The second kappa shape index (κ2) is 7.98. The Balaban J connectivity index is 1.25. The second-order valence-electron chi connectivity index (χ2n) is 6.75. The number of H-pyrrole nitrogens is 1. The van der Waals surface area contributed by atoms with E-state index < -0.39 is 0 Å². The van der Waals surface area contributed by atoms with E-state index in [4.69, 9.17) is 11.6 Å². The number of nitrogens with zero attached hydrogens (tertiary/aromatic N) is 3. The molecule has 0 unspecified atom stereocenters. The molecule has 2 N–H and O–H groups in total. The lowest BCUT2D eigenvalue weighted by molar-refractivity contribution is 0.133. The van der Waals surface area contributed by atoms with Gasteiger partial charge in [-0.05, 0) is 29.8 Å². The minimum Gasteiger partial charge on any atom is -0.341 e. The number of fused-ring (bicyclic) bond motifs is 1. The van der Waals surface area contributed by atoms with E-state index in [1.54, 1.807) is 0 Å². The summed E-state index contributed by atoms with van der Waals surface area (Å²) in [5.74, 6) is 0.969. The summed E-state index contributed by atoms with van der Waals surface area (Å²) in [7, 11) is 0. The molecule has 2 heterocycles. The maximum Gasteiger partial charge on any atom is 0.317 e. The van der Waals surface area contributed by atoms with Crippen molar-refractivity contribution >= 4 is 28.7 Å². The summed E-state index contributed by atoms with van der Waals surface area (Å²) in [6.07, 6.45) is 0. The normalized spacial score (nSPS) is 15.2. The maximum atomic E-state index is 12.4. The van der Waals surface area contributed by atoms with Crippen molar-refractivity contribution in [2.24, 2.45) is 0 Å². The SMILES string of the molecule is O=C(NCc1ccc(Cl)cc1)N1CCN(Cc2nc3ccccc3[nH]2)CC1. The molecule has 140 valence electrons. The summed E-state index contributed by atoms with van der Waals surface area (Å²) >= 11 is 5.88. The predicted molar refractivity (Wildman–Crippen MR) is 107 cm³/mol. The fraction of sp³-hybridized carbons (Fsp3) is 0.300. The minimum atomic E-state index is -0.0201. The third kappa shape index (κ3) is 4.40. The number of urea groups is 1. The largest absolute Gasteiger partial charge is 0.341 e. The number of carbonyl (C=O) groups excluding carboxylic acids is 1. The van der Waals surface area contributed by atoms with Gasteiger partial charge in [-0.2, -0.15) is 0 Å². The summed E-state index contributed by atoms with van der Waals surface area (Å²) in [5, 5.41) is 3.68. The highest BCUT2D eigenvalue weighted by Gasteiger charge is 2.21. The summed E-state index contributed by atoms with van der Waals surface area (Å²) in [4.78, 5) is 24.6. The summed E-state index contributed by atoms with van der Waals surface area (Å²) in [6.45, 7) is 4.39. The predicted octanol–water partition coefficient (Wildman–Crippen LogP) is 3.24. The van der Waals surface area contributed by atoms with Crippen LogP contribution in [-0.4, -0.2) is 52.0 Å². The first-order chi connectivity index (χ1) is 13.2. The first-order valence-corrected chi connectivity index (χ1v) is 9.48. The van der Waals surface area contributed by atoms with E-state index in [0.29, 0.717) is 24.7 Å². The average Bonchev–Trinajstić information content (AvgIpc) is 3.10. The Hall–Kier alpha value is -2.57. The average molecular weight is 384 g/mol. The number of aromatic amines is 1. The van der Waals surface area contributed by atoms with Crippen molar-refractivity contribution in [3.8, 4) is 0 Å². The number of para-hydroxylation sites is 2. The molecule has 0 aliphatic carbocycles. The molecule has 1 fully saturated rings. The van der Waals surface area contributed by atoms with Gasteiger partial charge in [0.25, 0.3) is 0 Å². The molecule has 1 aliphatic rings. The molecule has 27 heavy (non-hydrogen) atoms. The number of amides is 2. The van der Waals surface area contributed by atoms with Crippen LogP contribution in [0.25, 0.3) is 11.0 Å². The standard InChI is InChI=1S/C20H22ClN5O/c21-16-7-5-15(6-8-16)13-22-20(27)26-11-9-25(10-12-26)14-19-23-17-3-1-2-4-18(17)24-19/h1-8H,9-14H2,(H,22,27)(H,23,24). The van der Waals surface area contributed by atoms with Crippen LogP contribution in [0.1, 0.15) is 11.4 Å². The number of halogens is 1. The van der Waals surface area contributed by atoms with E-state index in [-0.39, 0.29) is 6.03 Å². The van der Waals surface area contributed by atoms with E-state index in [1.807, 2.05) is 53.4 Å². The highest BCUT2D eigenvalue weighted by atomic mass is 35.5. The lowest BCUT2D eigenvalue weighted by atomic mass is 10.2. The fourth-order valence-electron chi connectivity index (χ4n) is 3.29. The van der Waals surface area contributed by atoms with Crippen LogP contribution in [0.5, 0.6) is 0 Å². The molecule has 4 rings (SSSR count). The third-order valence-electron chi connectivity index (χ3n) is 4.83. The molecule has 2 aromatic carbocycles. The molecule has 1 aliphatic heterocycles. The smallest absolute Gasteiger partial charge is 0.317 e. The molecular formula is C20H22ClN5O. The van der Waals surface area contributed by atoms with Crippen LogP contribution in [0.4, 0.5) is 4.79 Å². The number of hydrogen-bond acceptors (Lipinski definition) is 3. The zero-order valence-corrected chi connectivity index (χ0v) is 15.7. The van der Waals surface area contributed by atoms with Gasteiger partial charge in [0.15, 0.2) is 0 Å². The van der Waals surface area contributed by atoms with Crippen molar-refractivity contribution in [2.45, 2.75) is 13.1 Å². The van der Waals surface area contributed by atoms with Gasteiger partial charge in [0.2, 0.25) is 0 Å². The van der Waals surface area contributed by atoms with Crippen LogP contribution >= 0.6 is 11.6 Å². The van der Waals surface area contributed by atoms with Crippen LogP contribution in [0.2, 0.25) is 5.02 Å². The number of carbonyl (C=O) groups is 1. The second-order valence-corrected chi connectivity index (χ2v) is 7.19. The van der Waals surface area contributed by atoms with Crippen molar-refractivity contribution in [2.75, 3.05) is 26.2 Å². The number of imidazole rings is 1. The van der Waals surface area contributed by atoms with Gasteiger partial charge in [0.05, 0.1) is 17.6 Å². The lowest BCUT2D eigenvalue weighted by Gasteiger charge is -2.34. The molecule has 2 amide bonds. The van der Waals surface area contributed by atoms with Gasteiger partial charge in [-0.1, -0.05) is 35.9 Å². The monoisotopic (exact) mass is 383 g/mol. The van der Waals surface area contributed by atoms with E-state index in [0.717, 1.165) is 42.1 Å². The van der Waals surface area contributed by atoms with Crippen LogP contribution in [-0.2, 0) is 13.1 Å². The first kappa shape index (κ1) is 17.8. The van der Waals surface area contributed by atoms with Crippen molar-refractivity contribution in [1.82, 2.24) is 25.1 Å². The number of rotatable bonds is 4. The van der Waals surface area contributed by atoms with E-state index in [1.165, 1.54) is 0 Å². The number of piperazine rings is 1. The maximum absolute atomic E-state index is 12.4. The summed E-state index contributed by atoms with van der Waals surface area (Å²) < 4.78 is 0. The first-order valence-electron chi connectivity index (χ1n) is 9.10. The molecule has 0 spiro atoms. The van der Waals surface area contributed by atoms with E-state index in [2.05, 4.69) is 20.2 Å². The molecule has 0 atom stereocenters. The zero-order valence-electron chi connectivity index (χ0n) is 15.0. The van der Waals surface area contributed by atoms with Crippen LogP contribution < -0.4 is 5.32 Å². The molecule has 7 heteroatoms. The zero-order chi connectivity index (χ0) is 18.6. The molecule has 1 aromatic heterocycles. The Morgan fingerprint density at radius 3 is 2.56 bits per heavy atom. The van der Waals surface area contributed by atoms with Crippen molar-refractivity contribution in [3.63, 3.8) is 0 Å². The van der Waals surface area contributed by atoms with Crippen LogP contribution in [0, 0.1) is 0 Å². The molecular weight excluding hydrogens is 362 g/mol. The van der Waals surface area contributed by atoms with E-state index >= 15 is 0 Å². The van der Waals surface area contributed by atoms with Gasteiger partial charge < -0.3 is 15.2 Å². The molecule has 3 aromatic rings. The molecule has 0 radical (unpaired) electrons. The Morgan fingerprint density at radius 2 is 1.81 bits per heavy atom. The van der Waals surface area contributed by atoms with Gasteiger partial charge in [-0.15, -0.1) is 0 Å². The number of benzene rings is 2. The summed E-state index contributed by atoms with van der Waals surface area (Å²) in [5.41, 5.74) is 3.09. The molecule has 1 saturated heterocycles. The van der Waals surface area contributed by atoms with Gasteiger partial charge in [0, 0.05) is 37.7 Å². The van der Waals surface area contributed by atoms with Gasteiger partial charge >= 0.3 is 6.03 Å². The molecule has 0 bridgehead atoms. The topological polar surface area (TPSA) is 64.3 Å². The van der Waals surface area contributed by atoms with Crippen LogP contribution in [0.15, 0.2) is 48.5 Å². The van der Waals surface area contributed by atoms with E-state index in [9.17, 15) is 4.79 Å². The van der Waals surface area contributed by atoms with Crippen LogP contribution in [0.3, 0.4) is 0 Å². The minimum absolute atomic E-state index is 0.0201. The fourth-order valence-corrected chi connectivity index (χ4v) is 3.42. The highest BCUT2D eigenvalue weighted by molar-refractivity contribution is 6.30.